The molecule has 0 bridgehead atoms. The molecule has 0 spiro atoms. The van der Waals surface area contributed by atoms with E-state index < -0.39 is 61.6 Å². The van der Waals surface area contributed by atoms with Gasteiger partial charge >= 0.3 is 91.1 Å². The molecule has 0 fully saturated rings. The van der Waals surface area contributed by atoms with Gasteiger partial charge in [-0.2, -0.15) is 0 Å². The molecule has 0 aliphatic heterocycles. The fourth-order valence-electron chi connectivity index (χ4n) is 0. The first-order valence-electron chi connectivity index (χ1n) is 6.51. The first kappa shape index (κ1) is 70.2. The molecule has 0 unspecified atom stereocenters. The third-order valence-corrected chi connectivity index (χ3v) is 0. The van der Waals surface area contributed by atoms with Gasteiger partial charge in [0.2, 0.25) is 0 Å². The summed E-state index contributed by atoms with van der Waals surface area (Å²) in [6, 6.07) is 0. The van der Waals surface area contributed by atoms with Crippen molar-refractivity contribution in [2.45, 2.75) is 0 Å². The van der Waals surface area contributed by atoms with Crippen LogP contribution in [0.2, 0.25) is 0 Å². The summed E-state index contributed by atoms with van der Waals surface area (Å²) in [6.07, 6.45) is -18.3. The molecule has 30 nitrogen and oxygen atoms in total. The molecule has 0 atom stereocenters. The predicted molar refractivity (Wildman–Crippen MR) is 114 cm³/mol. The standard InChI is InChI=1S/10CH2O3.Na.H/c10*2-1(3)4;;/h10*(H2,2,3,4);;. The quantitative estimate of drug-likeness (QED) is 0.166. The van der Waals surface area contributed by atoms with Gasteiger partial charge in [0, 0.05) is 0 Å². The molecule has 0 amide bonds. The van der Waals surface area contributed by atoms with E-state index in [0.717, 1.165) is 0 Å². The Morgan fingerprint density at radius 2 is 0.171 bits per heavy atom. The van der Waals surface area contributed by atoms with E-state index in [9.17, 15) is 0 Å². The van der Waals surface area contributed by atoms with Crippen LogP contribution in [-0.4, -0.2) is 193 Å². The molecule has 0 heterocycles. The van der Waals surface area contributed by atoms with Gasteiger partial charge in [0.05, 0.1) is 0 Å². The summed E-state index contributed by atoms with van der Waals surface area (Å²) in [4.78, 5) is 85.6. The second kappa shape index (κ2) is 64.2. The van der Waals surface area contributed by atoms with Crippen LogP contribution < -0.4 is 0 Å². The zero-order chi connectivity index (χ0) is 35.8. The van der Waals surface area contributed by atoms with Crippen LogP contribution in [0.25, 0.3) is 0 Å². The minimum atomic E-state index is -1.83. The summed E-state index contributed by atoms with van der Waals surface area (Å²) in [5, 5.41) is 139. The maximum atomic E-state index is 8.56. The zero-order valence-electron chi connectivity index (χ0n) is 18.0. The van der Waals surface area contributed by atoms with Gasteiger partial charge in [0.15, 0.2) is 0 Å². The van der Waals surface area contributed by atoms with Gasteiger partial charge in [-0.3, -0.25) is 0 Å². The van der Waals surface area contributed by atoms with E-state index in [2.05, 4.69) is 0 Å². The Morgan fingerprint density at radius 3 is 0.171 bits per heavy atom. The van der Waals surface area contributed by atoms with Crippen molar-refractivity contribution >= 4 is 91.1 Å². The van der Waals surface area contributed by atoms with Gasteiger partial charge < -0.3 is 102 Å². The average Bonchev–Trinajstić information content (AvgIpc) is 2.47. The van der Waals surface area contributed by atoms with Gasteiger partial charge in [-0.25, -0.2) is 47.9 Å². The third-order valence-electron chi connectivity index (χ3n) is 0. The van der Waals surface area contributed by atoms with Crippen LogP contribution in [0.4, 0.5) is 47.9 Å². The molecule has 0 aliphatic rings. The maximum absolute atomic E-state index is 8.56. The van der Waals surface area contributed by atoms with Crippen LogP contribution >= 0.6 is 0 Å². The fourth-order valence-corrected chi connectivity index (χ4v) is 0. The Morgan fingerprint density at radius 1 is 0.171 bits per heavy atom. The van der Waals surface area contributed by atoms with Crippen LogP contribution in [0.1, 0.15) is 0 Å². The number of carboxylic acid groups (broad SMARTS) is 20. The van der Waals surface area contributed by atoms with Crippen molar-refractivity contribution in [3.05, 3.63) is 0 Å². The second-order valence-electron chi connectivity index (χ2n) is 2.83. The average molecular weight is 644 g/mol. The topological polar surface area (TPSA) is 575 Å². The van der Waals surface area contributed by atoms with Crippen molar-refractivity contribution in [2.24, 2.45) is 0 Å². The van der Waals surface area contributed by atoms with Gasteiger partial charge in [-0.05, 0) is 0 Å². The van der Waals surface area contributed by atoms with Gasteiger partial charge in [-0.15, -0.1) is 0 Å². The number of rotatable bonds is 0. The number of hydrogen-bond donors (Lipinski definition) is 20. The third kappa shape index (κ3) is 853. The number of carbonyl (C=O) groups is 10. The van der Waals surface area contributed by atoms with Crippen LogP contribution in [0.3, 0.4) is 0 Å². The van der Waals surface area contributed by atoms with E-state index in [1.807, 2.05) is 0 Å². The molecular formula is C10H21NaO30. The van der Waals surface area contributed by atoms with Crippen molar-refractivity contribution in [1.29, 1.82) is 0 Å². The first-order valence-corrected chi connectivity index (χ1v) is 6.51. The van der Waals surface area contributed by atoms with E-state index in [1.165, 1.54) is 0 Å². The molecule has 0 aliphatic carbocycles. The Hall–Kier alpha value is -6.30. The van der Waals surface area contributed by atoms with Crippen molar-refractivity contribution in [2.75, 3.05) is 0 Å². The minimum absolute atomic E-state index is 0. The van der Waals surface area contributed by atoms with Crippen molar-refractivity contribution in [1.82, 2.24) is 0 Å². The number of hydrogen-bond acceptors (Lipinski definition) is 10. The zero-order valence-corrected chi connectivity index (χ0v) is 18.0. The van der Waals surface area contributed by atoms with Crippen molar-refractivity contribution < 1.29 is 150 Å². The summed E-state index contributed by atoms with van der Waals surface area (Å²) >= 11 is 0. The van der Waals surface area contributed by atoms with E-state index in [4.69, 9.17) is 150 Å². The molecule has 0 saturated heterocycles. The normalized spacial score (nSPS) is 5.85. The van der Waals surface area contributed by atoms with Crippen molar-refractivity contribution in [3.63, 3.8) is 0 Å². The summed E-state index contributed by atoms with van der Waals surface area (Å²) in [6.45, 7) is 0. The molecule has 0 rings (SSSR count). The molecule has 41 heavy (non-hydrogen) atoms. The summed E-state index contributed by atoms with van der Waals surface area (Å²) in [5.41, 5.74) is 0. The molecule has 0 aromatic carbocycles. The Bertz CT molecular complexity index is 469. The molecule has 0 aromatic rings. The molecular weight excluding hydrogens is 623 g/mol. The van der Waals surface area contributed by atoms with E-state index in [-0.39, 0.29) is 29.6 Å². The molecule has 0 saturated carbocycles. The first-order chi connectivity index (χ1) is 17.3. The van der Waals surface area contributed by atoms with Gasteiger partial charge in [0.25, 0.3) is 0 Å². The van der Waals surface area contributed by atoms with Gasteiger partial charge in [-0.1, -0.05) is 0 Å². The Labute approximate surface area is 241 Å². The predicted octanol–water partition coefficient (Wildman–Crippen LogP) is 1.58. The Balaban J connectivity index is -0.0000000270. The monoisotopic (exact) mass is 644 g/mol. The summed E-state index contributed by atoms with van der Waals surface area (Å²) < 4.78 is 0. The van der Waals surface area contributed by atoms with Crippen LogP contribution in [0.15, 0.2) is 0 Å². The van der Waals surface area contributed by atoms with Crippen molar-refractivity contribution in [3.8, 4) is 0 Å². The van der Waals surface area contributed by atoms with Crippen LogP contribution in [-0.2, 0) is 0 Å². The van der Waals surface area contributed by atoms with E-state index in [0.29, 0.717) is 0 Å². The fraction of sp³-hybridized carbons (Fsp3) is 0. The van der Waals surface area contributed by atoms with Gasteiger partial charge in [0.1, 0.15) is 0 Å². The Kier molecular flexibility index (Phi) is 110. The second-order valence-corrected chi connectivity index (χ2v) is 2.83. The summed E-state index contributed by atoms with van der Waals surface area (Å²) in [5.74, 6) is 0. The molecule has 242 valence electrons. The SMILES string of the molecule is O=C(O)O.O=C(O)O.O=C(O)O.O=C(O)O.O=C(O)O.O=C(O)O.O=C(O)O.O=C(O)O.O=C(O)O.O=C(O)O.[NaH]. The molecule has 20 N–H and O–H groups in total. The molecule has 31 heteroatoms. The molecule has 0 radical (unpaired) electrons. The van der Waals surface area contributed by atoms with E-state index >= 15 is 0 Å². The molecule has 0 aromatic heterocycles. The van der Waals surface area contributed by atoms with Crippen LogP contribution in [0.5, 0.6) is 0 Å². The van der Waals surface area contributed by atoms with Crippen LogP contribution in [0, 0.1) is 0 Å². The van der Waals surface area contributed by atoms with E-state index in [1.54, 1.807) is 0 Å². The summed E-state index contributed by atoms with van der Waals surface area (Å²) in [7, 11) is 0.